The van der Waals surface area contributed by atoms with Gasteiger partial charge in [0.15, 0.2) is 11.3 Å². The van der Waals surface area contributed by atoms with Crippen LogP contribution in [-0.4, -0.2) is 92.6 Å². The molecule has 2 aliphatic carbocycles. The molecule has 4 aromatic rings. The molecular weight excluding hydrogens is 717 g/mol. The van der Waals surface area contributed by atoms with E-state index in [0.717, 1.165) is 23.6 Å². The Kier molecular flexibility index (Phi) is 9.27. The van der Waals surface area contributed by atoms with Gasteiger partial charge in [0, 0.05) is 35.4 Å². The number of carbonyl (C=O) groups excluding carboxylic acids is 4. The van der Waals surface area contributed by atoms with Gasteiger partial charge in [0.25, 0.3) is 11.8 Å². The molecule has 3 N–H and O–H groups in total. The molecule has 4 aliphatic rings. The highest BCUT2D eigenvalue weighted by Crippen LogP contribution is 2.46. The van der Waals surface area contributed by atoms with Crippen LogP contribution in [0.3, 0.4) is 0 Å². The van der Waals surface area contributed by atoms with Gasteiger partial charge in [-0.25, -0.2) is 18.4 Å². The number of hydrogen-bond acceptors (Lipinski definition) is 12. The molecule has 3 aromatic heterocycles. The SMILES string of the molecule is Cc1cc(C(=O)N[C@H]2CCCCCC=C[C@@H]3C[C@@]3(C(=O)NS(=O)(=O)C3CC3)NC(=O)[C@@H]3C[C@@H](Oc4nc5ncncc5c5ccccc45)CN3C2=O)no1. The van der Waals surface area contributed by atoms with Crippen LogP contribution in [0.15, 0.2) is 59.5 Å². The van der Waals surface area contributed by atoms with Gasteiger partial charge in [-0.05, 0) is 56.9 Å². The predicted molar refractivity (Wildman–Crippen MR) is 193 cm³/mol. The van der Waals surface area contributed by atoms with Crippen molar-refractivity contribution in [3.63, 3.8) is 0 Å². The molecule has 17 heteroatoms. The van der Waals surface area contributed by atoms with Crippen molar-refractivity contribution in [3.8, 4) is 5.88 Å². The first-order chi connectivity index (χ1) is 26.0. The molecular formula is C37H40N8O8S. The van der Waals surface area contributed by atoms with Gasteiger partial charge in [-0.2, -0.15) is 4.98 Å². The first-order valence-electron chi connectivity index (χ1n) is 18.3. The van der Waals surface area contributed by atoms with Crippen LogP contribution in [0.5, 0.6) is 5.88 Å². The second-order valence-corrected chi connectivity index (χ2v) is 16.5. The van der Waals surface area contributed by atoms with E-state index in [4.69, 9.17) is 9.26 Å². The lowest BCUT2D eigenvalue weighted by Crippen LogP contribution is -2.58. The smallest absolute Gasteiger partial charge is 0.274 e. The second kappa shape index (κ2) is 14.1. The number of hydrogen-bond donors (Lipinski definition) is 3. The summed E-state index contributed by atoms with van der Waals surface area (Å²) in [6.45, 7) is 1.61. The summed E-state index contributed by atoms with van der Waals surface area (Å²) < 4.78 is 39.5. The summed E-state index contributed by atoms with van der Waals surface area (Å²) in [5, 5.41) is 11.1. The number of fused-ring (bicyclic) bond motifs is 5. The first-order valence-corrected chi connectivity index (χ1v) is 19.8. The van der Waals surface area contributed by atoms with Gasteiger partial charge in [0.05, 0.1) is 11.8 Å². The third-order valence-electron chi connectivity index (χ3n) is 10.6. The highest BCUT2D eigenvalue weighted by molar-refractivity contribution is 7.91. The van der Waals surface area contributed by atoms with Gasteiger partial charge in [0.1, 0.15) is 35.8 Å². The van der Waals surface area contributed by atoms with Crippen molar-refractivity contribution in [3.05, 3.63) is 66.5 Å². The minimum atomic E-state index is -3.90. The minimum Gasteiger partial charge on any atom is -0.472 e. The predicted octanol–water partition coefficient (Wildman–Crippen LogP) is 2.62. The molecule has 282 valence electrons. The summed E-state index contributed by atoms with van der Waals surface area (Å²) >= 11 is 0. The monoisotopic (exact) mass is 756 g/mol. The third-order valence-corrected chi connectivity index (χ3v) is 12.5. The molecule has 0 radical (unpaired) electrons. The summed E-state index contributed by atoms with van der Waals surface area (Å²) in [4.78, 5) is 70.5. The van der Waals surface area contributed by atoms with E-state index in [2.05, 4.69) is 35.5 Å². The zero-order valence-corrected chi connectivity index (χ0v) is 30.4. The van der Waals surface area contributed by atoms with E-state index in [-0.39, 0.29) is 31.0 Å². The summed E-state index contributed by atoms with van der Waals surface area (Å²) in [5.74, 6) is -2.28. The molecule has 2 aliphatic heterocycles. The lowest BCUT2D eigenvalue weighted by atomic mass is 10.0. The molecule has 5 heterocycles. The number of ether oxygens (including phenoxy) is 1. The van der Waals surface area contributed by atoms with Crippen molar-refractivity contribution in [2.75, 3.05) is 6.54 Å². The Hall–Kier alpha value is -5.45. The normalized spacial score (nSPS) is 26.3. The summed E-state index contributed by atoms with van der Waals surface area (Å²) in [7, 11) is -3.90. The molecule has 1 saturated heterocycles. The Bertz CT molecular complexity index is 2290. The van der Waals surface area contributed by atoms with Crippen LogP contribution in [0.2, 0.25) is 0 Å². The number of rotatable bonds is 7. The minimum absolute atomic E-state index is 0.0187. The van der Waals surface area contributed by atoms with Crippen LogP contribution in [-0.2, 0) is 24.4 Å². The molecule has 4 amide bonds. The van der Waals surface area contributed by atoms with Gasteiger partial charge in [0.2, 0.25) is 27.7 Å². The van der Waals surface area contributed by atoms with Crippen molar-refractivity contribution in [1.29, 1.82) is 0 Å². The maximum Gasteiger partial charge on any atom is 0.274 e. The zero-order chi connectivity index (χ0) is 37.6. The number of nitrogens with zero attached hydrogens (tertiary/aromatic N) is 5. The number of aromatic nitrogens is 4. The number of sulfonamides is 1. The number of nitrogens with one attached hydrogen (secondary N) is 3. The largest absolute Gasteiger partial charge is 0.472 e. The van der Waals surface area contributed by atoms with Crippen LogP contribution < -0.4 is 20.1 Å². The van der Waals surface area contributed by atoms with Crippen LogP contribution in [0.25, 0.3) is 21.8 Å². The van der Waals surface area contributed by atoms with Crippen molar-refractivity contribution in [2.24, 2.45) is 5.92 Å². The zero-order valence-electron chi connectivity index (χ0n) is 29.6. The van der Waals surface area contributed by atoms with E-state index < -0.39 is 68.5 Å². The van der Waals surface area contributed by atoms with Gasteiger partial charge in [-0.3, -0.25) is 23.9 Å². The lowest BCUT2D eigenvalue weighted by Gasteiger charge is -2.29. The van der Waals surface area contributed by atoms with Crippen LogP contribution in [0.1, 0.15) is 74.0 Å². The maximum absolute atomic E-state index is 14.6. The summed E-state index contributed by atoms with van der Waals surface area (Å²) in [5.41, 5.74) is -1.09. The van der Waals surface area contributed by atoms with Crippen molar-refractivity contribution >= 4 is 55.5 Å². The molecule has 8 rings (SSSR count). The molecule has 16 nitrogen and oxygen atoms in total. The Labute approximate surface area is 310 Å². The quantitative estimate of drug-likeness (QED) is 0.183. The van der Waals surface area contributed by atoms with E-state index in [1.807, 2.05) is 36.4 Å². The lowest BCUT2D eigenvalue weighted by molar-refractivity contribution is -0.141. The Morgan fingerprint density at radius 1 is 1.07 bits per heavy atom. The van der Waals surface area contributed by atoms with E-state index >= 15 is 0 Å². The number of pyridine rings is 1. The molecule has 54 heavy (non-hydrogen) atoms. The molecule has 0 unspecified atom stereocenters. The molecule has 0 bridgehead atoms. The number of carbonyl (C=O) groups is 4. The molecule has 2 saturated carbocycles. The molecule has 3 fully saturated rings. The molecule has 5 atom stereocenters. The topological polar surface area (TPSA) is 216 Å². The van der Waals surface area contributed by atoms with Crippen LogP contribution >= 0.6 is 0 Å². The number of aryl methyl sites for hydroxylation is 1. The average molecular weight is 757 g/mol. The fraction of sp³-hybridized carbons (Fsp3) is 0.459. The third kappa shape index (κ3) is 6.99. The van der Waals surface area contributed by atoms with Crippen molar-refractivity contribution < 1.29 is 36.9 Å². The Morgan fingerprint density at radius 3 is 2.67 bits per heavy atom. The Balaban J connectivity index is 1.12. The van der Waals surface area contributed by atoms with Gasteiger partial charge in [-0.15, -0.1) is 0 Å². The van der Waals surface area contributed by atoms with Gasteiger partial charge >= 0.3 is 0 Å². The van der Waals surface area contributed by atoms with Gasteiger partial charge in [-0.1, -0.05) is 48.3 Å². The van der Waals surface area contributed by atoms with E-state index in [1.165, 1.54) is 17.3 Å². The van der Waals surface area contributed by atoms with E-state index in [1.54, 1.807) is 13.1 Å². The first kappa shape index (κ1) is 35.6. The average Bonchev–Trinajstić information content (AvgIpc) is 4.05. The summed E-state index contributed by atoms with van der Waals surface area (Å²) in [6.07, 6.45) is 10.4. The van der Waals surface area contributed by atoms with Crippen LogP contribution in [0.4, 0.5) is 0 Å². The number of benzene rings is 1. The van der Waals surface area contributed by atoms with Crippen LogP contribution in [0, 0.1) is 12.8 Å². The second-order valence-electron chi connectivity index (χ2n) is 14.6. The highest BCUT2D eigenvalue weighted by Gasteiger charge is 2.62. The summed E-state index contributed by atoms with van der Waals surface area (Å²) in [6, 6.07) is 6.81. The number of allylic oxidation sites excluding steroid dienone is 1. The van der Waals surface area contributed by atoms with Gasteiger partial charge < -0.3 is 24.8 Å². The standard InChI is InChI=1S/C37H40N8O8S/c1-21-15-29(43-53-21)32(46)40-28-12-6-4-2-3-5-9-22-17-37(22,36(49)44-54(50,51)24-13-14-24)42-33(47)30-16-23(19-45(30)35(28)48)52-34-26-11-8-7-10-25(26)27-18-38-20-39-31(27)41-34/h5,7-11,15,18,20,22-24,28,30H,2-4,6,12-14,16-17,19H2,1H3,(H,40,46)(H,42,47)(H,44,49)/t22-,23-,28+,30+,37-/m1/s1. The fourth-order valence-corrected chi connectivity index (χ4v) is 8.83. The van der Waals surface area contributed by atoms with Crippen molar-refractivity contribution in [1.82, 2.24) is 40.4 Å². The highest BCUT2D eigenvalue weighted by atomic mass is 32.2. The Morgan fingerprint density at radius 2 is 1.89 bits per heavy atom. The number of amides is 4. The van der Waals surface area contributed by atoms with E-state index in [0.29, 0.717) is 48.9 Å². The fourth-order valence-electron chi connectivity index (χ4n) is 7.46. The molecule has 1 aromatic carbocycles. The van der Waals surface area contributed by atoms with Crippen molar-refractivity contribution in [2.45, 2.75) is 93.7 Å². The molecule has 0 spiro atoms. The van der Waals surface area contributed by atoms with E-state index in [9.17, 15) is 27.6 Å². The maximum atomic E-state index is 14.6.